The number of H-pyrrole nitrogens is 1. The molecular formula is C15H13F2N3O2. The minimum atomic E-state index is -0.761. The molecule has 0 spiro atoms. The van der Waals surface area contributed by atoms with E-state index in [1.165, 1.54) is 13.2 Å². The van der Waals surface area contributed by atoms with Gasteiger partial charge in [-0.15, -0.1) is 0 Å². The molecule has 1 aromatic carbocycles. The molecule has 114 valence electrons. The second-order valence-corrected chi connectivity index (χ2v) is 4.56. The van der Waals surface area contributed by atoms with Crippen LogP contribution in [0.15, 0.2) is 40.9 Å². The van der Waals surface area contributed by atoms with Crippen LogP contribution in [0.25, 0.3) is 11.5 Å². The van der Waals surface area contributed by atoms with Crippen molar-refractivity contribution in [2.45, 2.75) is 6.54 Å². The van der Waals surface area contributed by atoms with Crippen LogP contribution in [0.4, 0.5) is 14.5 Å². The molecule has 0 aliphatic carbocycles. The van der Waals surface area contributed by atoms with Crippen molar-refractivity contribution in [3.8, 4) is 17.2 Å². The summed E-state index contributed by atoms with van der Waals surface area (Å²) < 4.78 is 37.4. The number of aromatic amines is 1. The highest BCUT2D eigenvalue weighted by molar-refractivity contribution is 5.57. The minimum Gasteiger partial charge on any atom is -0.492 e. The molecule has 0 bridgehead atoms. The maximum absolute atomic E-state index is 13.6. The number of aromatic nitrogens is 2. The van der Waals surface area contributed by atoms with Crippen molar-refractivity contribution in [2.75, 3.05) is 12.4 Å². The normalized spacial score (nSPS) is 10.7. The number of hydrogen-bond acceptors (Lipinski definition) is 4. The highest BCUT2D eigenvalue weighted by atomic mass is 19.1. The highest BCUT2D eigenvalue weighted by Crippen LogP contribution is 2.29. The number of furan rings is 1. The van der Waals surface area contributed by atoms with Gasteiger partial charge >= 0.3 is 0 Å². The maximum Gasteiger partial charge on any atom is 0.177 e. The fraction of sp³-hybridized carbons (Fsp3) is 0.133. The molecule has 0 radical (unpaired) electrons. The van der Waals surface area contributed by atoms with Crippen LogP contribution in [0.5, 0.6) is 5.75 Å². The van der Waals surface area contributed by atoms with Crippen molar-refractivity contribution < 1.29 is 17.9 Å². The van der Waals surface area contributed by atoms with Gasteiger partial charge in [-0.1, -0.05) is 0 Å². The molecule has 0 fully saturated rings. The summed E-state index contributed by atoms with van der Waals surface area (Å²) in [6.07, 6.45) is 1.62. The van der Waals surface area contributed by atoms with Crippen LogP contribution in [-0.2, 0) is 6.54 Å². The van der Waals surface area contributed by atoms with Crippen LogP contribution < -0.4 is 10.1 Å². The first-order valence-electron chi connectivity index (χ1n) is 6.52. The van der Waals surface area contributed by atoms with Crippen LogP contribution in [0.2, 0.25) is 0 Å². The van der Waals surface area contributed by atoms with Gasteiger partial charge in [0, 0.05) is 18.3 Å². The molecular weight excluding hydrogens is 292 g/mol. The van der Waals surface area contributed by atoms with E-state index in [2.05, 4.69) is 15.5 Å². The summed E-state index contributed by atoms with van der Waals surface area (Å²) >= 11 is 0. The van der Waals surface area contributed by atoms with Gasteiger partial charge in [-0.3, -0.25) is 5.10 Å². The summed E-state index contributed by atoms with van der Waals surface area (Å²) in [6, 6.07) is 7.27. The first-order valence-corrected chi connectivity index (χ1v) is 6.52. The van der Waals surface area contributed by atoms with Gasteiger partial charge in [-0.05, 0) is 18.2 Å². The van der Waals surface area contributed by atoms with E-state index >= 15 is 0 Å². The molecule has 5 nitrogen and oxygen atoms in total. The SMILES string of the molecule is COc1c(F)cc(F)cc1NCc1ccc(-c2ccn[nH]2)o1. The number of nitrogens with zero attached hydrogens (tertiary/aromatic N) is 1. The Balaban J connectivity index is 1.76. The molecule has 0 saturated carbocycles. The Bertz CT molecular complexity index is 769. The van der Waals surface area contributed by atoms with Gasteiger partial charge in [-0.25, -0.2) is 8.78 Å². The Morgan fingerprint density at radius 2 is 2.14 bits per heavy atom. The summed E-state index contributed by atoms with van der Waals surface area (Å²) in [5.74, 6) is -0.245. The largest absolute Gasteiger partial charge is 0.492 e. The van der Waals surface area contributed by atoms with Crippen molar-refractivity contribution in [1.82, 2.24) is 10.2 Å². The van der Waals surface area contributed by atoms with E-state index in [1.807, 2.05) is 0 Å². The maximum atomic E-state index is 13.6. The molecule has 0 aliphatic rings. The zero-order valence-corrected chi connectivity index (χ0v) is 11.7. The fourth-order valence-electron chi connectivity index (χ4n) is 2.09. The number of ether oxygens (including phenoxy) is 1. The predicted molar refractivity (Wildman–Crippen MR) is 76.5 cm³/mol. The molecule has 0 saturated heterocycles. The molecule has 0 aliphatic heterocycles. The molecule has 2 N–H and O–H groups in total. The van der Waals surface area contributed by atoms with Gasteiger partial charge in [0.2, 0.25) is 0 Å². The zero-order valence-electron chi connectivity index (χ0n) is 11.7. The van der Waals surface area contributed by atoms with Crippen molar-refractivity contribution >= 4 is 5.69 Å². The summed E-state index contributed by atoms with van der Waals surface area (Å²) in [6.45, 7) is 0.257. The van der Waals surface area contributed by atoms with E-state index in [0.29, 0.717) is 11.5 Å². The summed E-state index contributed by atoms with van der Waals surface area (Å²) in [5.41, 5.74) is 0.972. The monoisotopic (exact) mass is 305 g/mol. The van der Waals surface area contributed by atoms with E-state index < -0.39 is 11.6 Å². The lowest BCUT2D eigenvalue weighted by molar-refractivity contribution is 0.385. The van der Waals surface area contributed by atoms with Crippen molar-refractivity contribution in [2.24, 2.45) is 0 Å². The third-order valence-corrected chi connectivity index (χ3v) is 3.09. The average Bonchev–Trinajstić information content (AvgIpc) is 3.15. The smallest absolute Gasteiger partial charge is 0.177 e. The third kappa shape index (κ3) is 2.78. The lowest BCUT2D eigenvalue weighted by Crippen LogP contribution is -2.02. The number of nitrogens with one attached hydrogen (secondary N) is 2. The average molecular weight is 305 g/mol. The fourth-order valence-corrected chi connectivity index (χ4v) is 2.09. The molecule has 0 unspecified atom stereocenters. The van der Waals surface area contributed by atoms with E-state index in [0.717, 1.165) is 11.8 Å². The second-order valence-electron chi connectivity index (χ2n) is 4.56. The minimum absolute atomic E-state index is 0.0400. The Hall–Kier alpha value is -2.83. The lowest BCUT2D eigenvalue weighted by Gasteiger charge is -2.11. The number of benzene rings is 1. The first-order chi connectivity index (χ1) is 10.7. The Morgan fingerprint density at radius 1 is 1.27 bits per heavy atom. The van der Waals surface area contributed by atoms with Gasteiger partial charge in [0.1, 0.15) is 17.3 Å². The standard InChI is InChI=1S/C15H13F2N3O2/c1-21-15-11(17)6-9(16)7-13(15)18-8-10-2-3-14(22-10)12-4-5-19-20-12/h2-7,18H,8H2,1H3,(H,19,20). The Labute approximate surface area is 124 Å². The van der Waals surface area contributed by atoms with E-state index in [9.17, 15) is 8.78 Å². The molecule has 0 amide bonds. The number of hydrogen-bond donors (Lipinski definition) is 2. The van der Waals surface area contributed by atoms with Crippen LogP contribution >= 0.6 is 0 Å². The number of rotatable bonds is 5. The van der Waals surface area contributed by atoms with Gasteiger partial charge < -0.3 is 14.5 Å². The summed E-state index contributed by atoms with van der Waals surface area (Å²) in [7, 11) is 1.32. The van der Waals surface area contributed by atoms with Gasteiger partial charge in [-0.2, -0.15) is 5.10 Å². The van der Waals surface area contributed by atoms with Gasteiger partial charge in [0.05, 0.1) is 19.3 Å². The lowest BCUT2D eigenvalue weighted by atomic mass is 10.2. The van der Waals surface area contributed by atoms with Crippen molar-refractivity contribution in [3.63, 3.8) is 0 Å². The zero-order chi connectivity index (χ0) is 15.5. The highest BCUT2D eigenvalue weighted by Gasteiger charge is 2.12. The topological polar surface area (TPSA) is 63.1 Å². The summed E-state index contributed by atoms with van der Waals surface area (Å²) in [4.78, 5) is 0. The first kappa shape index (κ1) is 14.1. The number of methoxy groups -OCH3 is 1. The third-order valence-electron chi connectivity index (χ3n) is 3.09. The second kappa shape index (κ2) is 5.88. The van der Waals surface area contributed by atoms with E-state index in [4.69, 9.17) is 9.15 Å². The molecule has 3 rings (SSSR count). The van der Waals surface area contributed by atoms with Crippen LogP contribution in [0, 0.1) is 11.6 Å². The van der Waals surface area contributed by atoms with Crippen LogP contribution in [0.3, 0.4) is 0 Å². The van der Waals surface area contributed by atoms with Crippen molar-refractivity contribution in [3.05, 3.63) is 53.9 Å². The molecule has 3 aromatic rings. The van der Waals surface area contributed by atoms with Crippen LogP contribution in [0.1, 0.15) is 5.76 Å². The molecule has 22 heavy (non-hydrogen) atoms. The van der Waals surface area contributed by atoms with Crippen LogP contribution in [-0.4, -0.2) is 17.3 Å². The predicted octanol–water partition coefficient (Wildman–Crippen LogP) is 3.57. The number of anilines is 1. The molecule has 2 aromatic heterocycles. The van der Waals surface area contributed by atoms with E-state index in [1.54, 1.807) is 24.4 Å². The molecule has 2 heterocycles. The number of halogens is 2. The molecule has 0 atom stereocenters. The van der Waals surface area contributed by atoms with Gasteiger partial charge in [0.25, 0.3) is 0 Å². The van der Waals surface area contributed by atoms with Crippen molar-refractivity contribution in [1.29, 1.82) is 0 Å². The molecule has 7 heteroatoms. The van der Waals surface area contributed by atoms with E-state index in [-0.39, 0.29) is 18.0 Å². The quantitative estimate of drug-likeness (QED) is 0.756. The Morgan fingerprint density at radius 3 is 2.86 bits per heavy atom. The summed E-state index contributed by atoms with van der Waals surface area (Å²) in [5, 5.41) is 9.53. The Kier molecular flexibility index (Phi) is 3.78. The van der Waals surface area contributed by atoms with Gasteiger partial charge in [0.15, 0.2) is 17.3 Å².